The molecule has 0 spiro atoms. The molecule has 0 atom stereocenters. The molecule has 0 aromatic carbocycles. The van der Waals surface area contributed by atoms with E-state index in [1.807, 2.05) is 17.0 Å². The Hall–Kier alpha value is -2.42. The fourth-order valence-electron chi connectivity index (χ4n) is 4.20. The Labute approximate surface area is 181 Å². The molecule has 2 aliphatic rings. The highest BCUT2D eigenvalue weighted by Gasteiger charge is 2.25. The molecule has 2 fully saturated rings. The van der Waals surface area contributed by atoms with Crippen LogP contribution in [-0.2, 0) is 11.3 Å². The van der Waals surface area contributed by atoms with Gasteiger partial charge in [0.2, 0.25) is 11.9 Å². The highest BCUT2D eigenvalue weighted by molar-refractivity contribution is 7.99. The predicted octanol–water partition coefficient (Wildman–Crippen LogP) is 2.74. The van der Waals surface area contributed by atoms with Crippen molar-refractivity contribution in [3.05, 3.63) is 36.9 Å². The van der Waals surface area contributed by atoms with Gasteiger partial charge in [-0.05, 0) is 18.9 Å². The highest BCUT2D eigenvalue weighted by atomic mass is 32.2. The first kappa shape index (κ1) is 20.8. The van der Waals surface area contributed by atoms with Crippen molar-refractivity contribution in [3.8, 4) is 0 Å². The van der Waals surface area contributed by atoms with Crippen LogP contribution in [0.25, 0.3) is 0 Å². The molecule has 1 amide bonds. The van der Waals surface area contributed by atoms with Crippen LogP contribution in [0.1, 0.15) is 43.8 Å². The Morgan fingerprint density at radius 2 is 1.83 bits per heavy atom. The summed E-state index contributed by atoms with van der Waals surface area (Å²) in [5, 5.41) is 9.72. The molecular formula is C21H29N7OS. The number of allylic oxidation sites excluding steroid dienone is 1. The predicted molar refractivity (Wildman–Crippen MR) is 118 cm³/mol. The summed E-state index contributed by atoms with van der Waals surface area (Å²) in [6, 6.07) is 1.81. The molecule has 0 unspecified atom stereocenters. The number of aromatic nitrogens is 5. The Morgan fingerprint density at radius 3 is 2.53 bits per heavy atom. The van der Waals surface area contributed by atoms with Crippen molar-refractivity contribution in [2.24, 2.45) is 0 Å². The monoisotopic (exact) mass is 427 g/mol. The minimum absolute atomic E-state index is 0.140. The number of carbonyl (C=O) groups excluding carboxylic acids is 1. The topological polar surface area (TPSA) is 80.0 Å². The fourth-order valence-corrected chi connectivity index (χ4v) is 5.06. The average Bonchev–Trinajstić information content (AvgIpc) is 3.21. The van der Waals surface area contributed by atoms with Crippen LogP contribution in [0, 0.1) is 0 Å². The SMILES string of the molecule is C=CCn1c(SCC(=O)N2CCN(c3ncccn3)CC2)nnc1C1CCCCC1. The standard InChI is InChI=1S/C21H29N7OS/c1-2-11-28-19(17-7-4-3-5-8-17)24-25-21(28)30-16-18(29)26-12-14-27(15-13-26)20-22-9-6-10-23-20/h2,6,9-10,17H,1,3-5,7-8,11-16H2. The molecule has 2 aromatic heterocycles. The van der Waals surface area contributed by atoms with E-state index in [0.29, 0.717) is 31.3 Å². The molecule has 0 bridgehead atoms. The molecule has 2 aromatic rings. The summed E-state index contributed by atoms with van der Waals surface area (Å²) < 4.78 is 2.14. The minimum atomic E-state index is 0.140. The summed E-state index contributed by atoms with van der Waals surface area (Å²) >= 11 is 1.48. The molecule has 4 rings (SSSR count). The van der Waals surface area contributed by atoms with Crippen LogP contribution in [0.4, 0.5) is 5.95 Å². The number of rotatable bonds is 7. The van der Waals surface area contributed by atoms with Crippen molar-refractivity contribution in [2.75, 3.05) is 36.8 Å². The maximum Gasteiger partial charge on any atom is 0.233 e. The Kier molecular flexibility index (Phi) is 6.99. The van der Waals surface area contributed by atoms with Crippen LogP contribution < -0.4 is 4.90 Å². The minimum Gasteiger partial charge on any atom is -0.338 e. The van der Waals surface area contributed by atoms with Crippen molar-refractivity contribution >= 4 is 23.6 Å². The molecule has 1 aliphatic carbocycles. The third kappa shape index (κ3) is 4.83. The lowest BCUT2D eigenvalue weighted by molar-refractivity contribution is -0.128. The van der Waals surface area contributed by atoms with Crippen LogP contribution in [0.15, 0.2) is 36.3 Å². The quantitative estimate of drug-likeness (QED) is 0.496. The van der Waals surface area contributed by atoms with E-state index in [0.717, 1.165) is 30.0 Å². The lowest BCUT2D eigenvalue weighted by atomic mass is 9.89. The number of amides is 1. The van der Waals surface area contributed by atoms with Gasteiger partial charge in [-0.1, -0.05) is 37.1 Å². The van der Waals surface area contributed by atoms with E-state index in [2.05, 4.69) is 36.2 Å². The van der Waals surface area contributed by atoms with Gasteiger partial charge in [0.1, 0.15) is 5.82 Å². The summed E-state index contributed by atoms with van der Waals surface area (Å²) in [6.45, 7) is 7.44. The zero-order chi connectivity index (χ0) is 20.8. The Morgan fingerprint density at radius 1 is 1.10 bits per heavy atom. The van der Waals surface area contributed by atoms with Crippen molar-refractivity contribution in [1.82, 2.24) is 29.6 Å². The number of nitrogens with zero attached hydrogens (tertiary/aromatic N) is 7. The van der Waals surface area contributed by atoms with Crippen molar-refractivity contribution in [2.45, 2.75) is 49.7 Å². The second kappa shape index (κ2) is 10.1. The molecule has 3 heterocycles. The molecule has 1 saturated heterocycles. The van der Waals surface area contributed by atoms with Gasteiger partial charge in [0.25, 0.3) is 0 Å². The van der Waals surface area contributed by atoms with Gasteiger partial charge in [0.05, 0.1) is 5.75 Å². The van der Waals surface area contributed by atoms with Crippen molar-refractivity contribution < 1.29 is 4.79 Å². The number of carbonyl (C=O) groups is 1. The first-order valence-corrected chi connectivity index (χ1v) is 11.7. The molecule has 9 heteroatoms. The van der Waals surface area contributed by atoms with Crippen molar-refractivity contribution in [3.63, 3.8) is 0 Å². The number of hydrogen-bond donors (Lipinski definition) is 0. The molecule has 0 N–H and O–H groups in total. The molecule has 8 nitrogen and oxygen atoms in total. The largest absolute Gasteiger partial charge is 0.338 e. The van der Waals surface area contributed by atoms with E-state index in [1.165, 1.54) is 43.9 Å². The zero-order valence-corrected chi connectivity index (χ0v) is 18.1. The lowest BCUT2D eigenvalue weighted by Crippen LogP contribution is -2.49. The van der Waals surface area contributed by atoms with E-state index in [9.17, 15) is 4.79 Å². The van der Waals surface area contributed by atoms with Gasteiger partial charge in [0, 0.05) is 51.0 Å². The van der Waals surface area contributed by atoms with Crippen LogP contribution in [0.5, 0.6) is 0 Å². The second-order valence-corrected chi connectivity index (χ2v) is 8.72. The van der Waals surface area contributed by atoms with Gasteiger partial charge in [-0.15, -0.1) is 16.8 Å². The van der Waals surface area contributed by atoms with Crippen LogP contribution >= 0.6 is 11.8 Å². The van der Waals surface area contributed by atoms with Crippen LogP contribution in [0.2, 0.25) is 0 Å². The molecular weight excluding hydrogens is 398 g/mol. The molecule has 0 radical (unpaired) electrons. The number of hydrogen-bond acceptors (Lipinski definition) is 7. The first-order valence-electron chi connectivity index (χ1n) is 10.7. The summed E-state index contributed by atoms with van der Waals surface area (Å²) in [7, 11) is 0. The van der Waals surface area contributed by atoms with E-state index in [1.54, 1.807) is 12.4 Å². The Bertz CT molecular complexity index is 842. The second-order valence-electron chi connectivity index (χ2n) is 7.78. The smallest absolute Gasteiger partial charge is 0.233 e. The molecule has 30 heavy (non-hydrogen) atoms. The third-order valence-electron chi connectivity index (χ3n) is 5.82. The summed E-state index contributed by atoms with van der Waals surface area (Å²) in [4.78, 5) is 25.4. The average molecular weight is 428 g/mol. The number of thioether (sulfide) groups is 1. The zero-order valence-electron chi connectivity index (χ0n) is 17.3. The van der Waals surface area contributed by atoms with Gasteiger partial charge in [0.15, 0.2) is 5.16 Å². The lowest BCUT2D eigenvalue weighted by Gasteiger charge is -2.34. The van der Waals surface area contributed by atoms with Gasteiger partial charge in [-0.25, -0.2) is 9.97 Å². The summed E-state index contributed by atoms with van der Waals surface area (Å²) in [6.07, 6.45) is 11.6. The number of piperazine rings is 1. The summed E-state index contributed by atoms with van der Waals surface area (Å²) in [5.41, 5.74) is 0. The van der Waals surface area contributed by atoms with E-state index >= 15 is 0 Å². The maximum absolute atomic E-state index is 12.8. The molecule has 1 saturated carbocycles. The Balaban J connectivity index is 1.32. The van der Waals surface area contributed by atoms with Crippen LogP contribution in [-0.4, -0.2) is 67.5 Å². The van der Waals surface area contributed by atoms with E-state index < -0.39 is 0 Å². The van der Waals surface area contributed by atoms with Gasteiger partial charge in [-0.2, -0.15) is 0 Å². The van der Waals surface area contributed by atoms with Gasteiger partial charge < -0.3 is 14.4 Å². The molecule has 1 aliphatic heterocycles. The normalized spacial score (nSPS) is 17.9. The summed E-state index contributed by atoms with van der Waals surface area (Å²) in [5.74, 6) is 2.78. The maximum atomic E-state index is 12.8. The van der Waals surface area contributed by atoms with Gasteiger partial charge in [-0.3, -0.25) is 4.79 Å². The highest BCUT2D eigenvalue weighted by Crippen LogP contribution is 2.33. The van der Waals surface area contributed by atoms with Gasteiger partial charge >= 0.3 is 0 Å². The first-order chi connectivity index (χ1) is 14.8. The van der Waals surface area contributed by atoms with E-state index in [-0.39, 0.29) is 5.91 Å². The van der Waals surface area contributed by atoms with Crippen molar-refractivity contribution in [1.29, 1.82) is 0 Å². The number of anilines is 1. The fraction of sp³-hybridized carbons (Fsp3) is 0.571. The van der Waals surface area contributed by atoms with E-state index in [4.69, 9.17) is 0 Å². The molecule has 160 valence electrons. The third-order valence-corrected chi connectivity index (χ3v) is 6.77. The van der Waals surface area contributed by atoms with Crippen LogP contribution in [0.3, 0.4) is 0 Å².